The molecule has 1 saturated carbocycles. The number of halogens is 1. The van der Waals surface area contributed by atoms with E-state index in [1.165, 1.54) is 12.1 Å². The molecule has 104 valence electrons. The lowest BCUT2D eigenvalue weighted by Gasteiger charge is -2.29. The molecule has 0 amide bonds. The number of hydrogen-bond acceptors (Lipinski definition) is 3. The normalized spacial score (nSPS) is 21.3. The van der Waals surface area contributed by atoms with Crippen molar-refractivity contribution < 1.29 is 14.3 Å². The van der Waals surface area contributed by atoms with Crippen molar-refractivity contribution in [2.75, 3.05) is 11.1 Å². The molecule has 0 aromatic heterocycles. The summed E-state index contributed by atoms with van der Waals surface area (Å²) < 4.78 is 13.7. The Labute approximate surface area is 111 Å². The third-order valence-electron chi connectivity index (χ3n) is 3.96. The van der Waals surface area contributed by atoms with Crippen molar-refractivity contribution in [2.45, 2.75) is 39.2 Å². The van der Waals surface area contributed by atoms with Crippen LogP contribution in [-0.2, 0) is 0 Å². The van der Waals surface area contributed by atoms with Gasteiger partial charge in [-0.2, -0.15) is 0 Å². The molecule has 0 heterocycles. The largest absolute Gasteiger partial charge is 0.478 e. The average molecular weight is 266 g/mol. The van der Waals surface area contributed by atoms with Crippen LogP contribution in [0.1, 0.15) is 43.5 Å². The molecule has 1 aliphatic rings. The highest BCUT2D eigenvalue weighted by atomic mass is 19.1. The highest BCUT2D eigenvalue weighted by Crippen LogP contribution is 2.40. The van der Waals surface area contributed by atoms with Crippen molar-refractivity contribution >= 4 is 17.3 Å². The number of carbonyl (C=O) groups is 1. The van der Waals surface area contributed by atoms with E-state index in [2.05, 4.69) is 19.2 Å². The van der Waals surface area contributed by atoms with Gasteiger partial charge >= 0.3 is 5.97 Å². The third-order valence-corrected chi connectivity index (χ3v) is 3.96. The molecule has 1 aliphatic carbocycles. The van der Waals surface area contributed by atoms with Crippen LogP contribution in [0.15, 0.2) is 12.1 Å². The molecule has 1 unspecified atom stereocenters. The topological polar surface area (TPSA) is 75.3 Å². The molecule has 2 rings (SSSR count). The quantitative estimate of drug-likeness (QED) is 0.735. The van der Waals surface area contributed by atoms with Crippen molar-refractivity contribution in [3.05, 3.63) is 23.5 Å². The standard InChI is InChI=1S/C14H19FN2O2/c1-14(2)5-3-4-12(14)17-11-7-9(15)8(13(18)19)6-10(11)16/h6-7,12,17H,3-5,16H2,1-2H3,(H,18,19). The Morgan fingerprint density at radius 3 is 2.74 bits per heavy atom. The summed E-state index contributed by atoms with van der Waals surface area (Å²) in [4.78, 5) is 10.8. The zero-order chi connectivity index (χ0) is 14.2. The van der Waals surface area contributed by atoms with Gasteiger partial charge in [0.15, 0.2) is 0 Å². The Kier molecular flexibility index (Phi) is 3.39. The summed E-state index contributed by atoms with van der Waals surface area (Å²) in [5, 5.41) is 12.1. The molecule has 5 heteroatoms. The Balaban J connectivity index is 2.27. The van der Waals surface area contributed by atoms with Crippen molar-refractivity contribution in [3.8, 4) is 0 Å². The smallest absolute Gasteiger partial charge is 0.338 e. The van der Waals surface area contributed by atoms with Gasteiger partial charge in [-0.15, -0.1) is 0 Å². The van der Waals surface area contributed by atoms with Crippen LogP contribution in [0.5, 0.6) is 0 Å². The van der Waals surface area contributed by atoms with Gasteiger partial charge in [-0.3, -0.25) is 0 Å². The van der Waals surface area contributed by atoms with Gasteiger partial charge in [0, 0.05) is 6.04 Å². The fourth-order valence-electron chi connectivity index (χ4n) is 2.66. The molecule has 19 heavy (non-hydrogen) atoms. The number of nitrogens with two attached hydrogens (primary N) is 1. The van der Waals surface area contributed by atoms with Crippen molar-refractivity contribution in [1.82, 2.24) is 0 Å². The molecule has 0 aliphatic heterocycles. The summed E-state index contributed by atoms with van der Waals surface area (Å²) in [6.45, 7) is 4.33. The van der Waals surface area contributed by atoms with Gasteiger partial charge in [0.1, 0.15) is 5.82 Å². The number of anilines is 2. The maximum Gasteiger partial charge on any atom is 0.338 e. The fraction of sp³-hybridized carbons (Fsp3) is 0.500. The second-order valence-electron chi connectivity index (χ2n) is 5.80. The van der Waals surface area contributed by atoms with Crippen LogP contribution in [-0.4, -0.2) is 17.1 Å². The molecule has 1 atom stereocenters. The number of carboxylic acids is 1. The lowest BCUT2D eigenvalue weighted by molar-refractivity contribution is 0.0692. The van der Waals surface area contributed by atoms with E-state index in [0.717, 1.165) is 19.3 Å². The first-order chi connectivity index (χ1) is 8.81. The second-order valence-corrected chi connectivity index (χ2v) is 5.80. The van der Waals surface area contributed by atoms with E-state index in [4.69, 9.17) is 10.8 Å². The Morgan fingerprint density at radius 1 is 1.53 bits per heavy atom. The molecule has 0 saturated heterocycles. The van der Waals surface area contributed by atoms with Crippen LogP contribution in [0.3, 0.4) is 0 Å². The lowest BCUT2D eigenvalue weighted by atomic mass is 9.87. The highest BCUT2D eigenvalue weighted by Gasteiger charge is 2.34. The Morgan fingerprint density at radius 2 is 2.21 bits per heavy atom. The highest BCUT2D eigenvalue weighted by molar-refractivity contribution is 5.90. The van der Waals surface area contributed by atoms with Crippen LogP contribution in [0.2, 0.25) is 0 Å². The first-order valence-corrected chi connectivity index (χ1v) is 6.40. The van der Waals surface area contributed by atoms with Gasteiger partial charge in [0.2, 0.25) is 0 Å². The maximum atomic E-state index is 13.7. The first kappa shape index (κ1) is 13.6. The second kappa shape index (κ2) is 4.72. The lowest BCUT2D eigenvalue weighted by Crippen LogP contribution is -2.31. The number of hydrogen-bond donors (Lipinski definition) is 3. The number of carboxylic acid groups (broad SMARTS) is 1. The zero-order valence-electron chi connectivity index (χ0n) is 11.2. The summed E-state index contributed by atoms with van der Waals surface area (Å²) in [5.41, 5.74) is 6.28. The Bertz CT molecular complexity index is 514. The van der Waals surface area contributed by atoms with Gasteiger partial charge in [0.05, 0.1) is 16.9 Å². The molecule has 0 bridgehead atoms. The molecule has 4 N–H and O–H groups in total. The summed E-state index contributed by atoms with van der Waals surface area (Å²) >= 11 is 0. The molecule has 0 radical (unpaired) electrons. The summed E-state index contributed by atoms with van der Waals surface area (Å²) in [7, 11) is 0. The van der Waals surface area contributed by atoms with Crippen LogP contribution in [0, 0.1) is 11.2 Å². The van der Waals surface area contributed by atoms with Crippen molar-refractivity contribution in [1.29, 1.82) is 0 Å². The number of nitrogen functional groups attached to an aromatic ring is 1. The molecule has 1 aromatic rings. The van der Waals surface area contributed by atoms with E-state index in [9.17, 15) is 9.18 Å². The van der Waals surface area contributed by atoms with Crippen molar-refractivity contribution in [2.24, 2.45) is 5.41 Å². The number of aromatic carboxylic acids is 1. The number of rotatable bonds is 3. The summed E-state index contributed by atoms with van der Waals surface area (Å²) in [6, 6.07) is 2.57. The minimum Gasteiger partial charge on any atom is -0.478 e. The first-order valence-electron chi connectivity index (χ1n) is 6.40. The number of nitrogens with one attached hydrogen (secondary N) is 1. The third kappa shape index (κ3) is 2.64. The zero-order valence-corrected chi connectivity index (χ0v) is 11.2. The van der Waals surface area contributed by atoms with E-state index in [0.29, 0.717) is 5.69 Å². The molecule has 4 nitrogen and oxygen atoms in total. The predicted molar refractivity (Wildman–Crippen MR) is 72.8 cm³/mol. The average Bonchev–Trinajstić information content (AvgIpc) is 2.62. The monoisotopic (exact) mass is 266 g/mol. The van der Waals surface area contributed by atoms with Gasteiger partial charge in [-0.1, -0.05) is 20.3 Å². The van der Waals surface area contributed by atoms with Crippen molar-refractivity contribution in [3.63, 3.8) is 0 Å². The predicted octanol–water partition coefficient (Wildman–Crippen LogP) is 3.10. The minimum atomic E-state index is -1.31. The molecular formula is C14H19FN2O2. The maximum absolute atomic E-state index is 13.7. The van der Waals surface area contributed by atoms with E-state index < -0.39 is 17.3 Å². The molecule has 1 fully saturated rings. The molecule has 0 spiro atoms. The summed E-state index contributed by atoms with van der Waals surface area (Å²) in [5.74, 6) is -2.07. The van der Waals surface area contributed by atoms with Gasteiger partial charge < -0.3 is 16.2 Å². The number of benzene rings is 1. The van der Waals surface area contributed by atoms with Crippen LogP contribution >= 0.6 is 0 Å². The fourth-order valence-corrected chi connectivity index (χ4v) is 2.66. The van der Waals surface area contributed by atoms with Gasteiger partial charge in [0.25, 0.3) is 0 Å². The summed E-state index contributed by atoms with van der Waals surface area (Å²) in [6.07, 6.45) is 3.25. The van der Waals surface area contributed by atoms with Crippen LogP contribution in [0.25, 0.3) is 0 Å². The van der Waals surface area contributed by atoms with E-state index in [1.807, 2.05) is 0 Å². The van der Waals surface area contributed by atoms with Crippen LogP contribution in [0.4, 0.5) is 15.8 Å². The van der Waals surface area contributed by atoms with Crippen LogP contribution < -0.4 is 11.1 Å². The van der Waals surface area contributed by atoms with E-state index >= 15 is 0 Å². The Hall–Kier alpha value is -1.78. The van der Waals surface area contributed by atoms with E-state index in [1.54, 1.807) is 0 Å². The van der Waals surface area contributed by atoms with Gasteiger partial charge in [-0.05, 0) is 30.4 Å². The van der Waals surface area contributed by atoms with E-state index in [-0.39, 0.29) is 17.1 Å². The SMILES string of the molecule is CC1(C)CCCC1Nc1cc(F)c(C(=O)O)cc1N. The van der Waals surface area contributed by atoms with Gasteiger partial charge in [-0.25, -0.2) is 9.18 Å². The minimum absolute atomic E-state index is 0.133. The molecular weight excluding hydrogens is 247 g/mol. The molecule has 1 aromatic carbocycles.